The molecule has 0 spiro atoms. The number of H-pyrrole nitrogens is 1. The molecule has 3 heterocycles. The summed E-state index contributed by atoms with van der Waals surface area (Å²) in [4.78, 5) is 43.5. The summed E-state index contributed by atoms with van der Waals surface area (Å²) < 4.78 is 1.04. The number of carbonyl (C=O) groups excluding carboxylic acids is 1. The van der Waals surface area contributed by atoms with Crippen LogP contribution in [0.4, 0.5) is 5.82 Å². The van der Waals surface area contributed by atoms with Gasteiger partial charge in [-0.2, -0.15) is 0 Å². The Hall–Kier alpha value is -3.42. The first kappa shape index (κ1) is 18.0. The first-order valence-electron chi connectivity index (χ1n) is 9.30. The average molecular weight is 379 g/mol. The number of pyridine rings is 1. The third kappa shape index (κ3) is 3.66. The number of nitrogens with one attached hydrogen (secondary N) is 2. The summed E-state index contributed by atoms with van der Waals surface area (Å²) in [6.45, 7) is 2.08. The third-order valence-electron chi connectivity index (χ3n) is 4.92. The number of aromatic amines is 1. The van der Waals surface area contributed by atoms with Crippen LogP contribution >= 0.6 is 0 Å². The molecule has 0 bridgehead atoms. The average Bonchev–Trinajstić information content (AvgIpc) is 3.26. The molecule has 3 aromatic rings. The maximum Gasteiger partial charge on any atom is 0.273 e. The monoisotopic (exact) mass is 379 g/mol. The number of amides is 1. The number of rotatable bonds is 5. The summed E-state index contributed by atoms with van der Waals surface area (Å²) in [6, 6.07) is 10.4. The number of fused-ring (bicyclic) bond motifs is 1. The number of anilines is 1. The van der Waals surface area contributed by atoms with Gasteiger partial charge in [-0.25, -0.2) is 9.67 Å². The lowest BCUT2D eigenvalue weighted by molar-refractivity contribution is -0.122. The third-order valence-corrected chi connectivity index (χ3v) is 4.92. The predicted octanol–water partition coefficient (Wildman–Crippen LogP) is 1.00. The minimum Gasteiger partial charge on any atom is -0.357 e. The summed E-state index contributed by atoms with van der Waals surface area (Å²) in [7, 11) is 0. The van der Waals surface area contributed by atoms with Gasteiger partial charge in [0.1, 0.15) is 12.4 Å². The molecule has 2 aromatic heterocycles. The van der Waals surface area contributed by atoms with Crippen molar-refractivity contribution in [1.29, 1.82) is 0 Å². The highest BCUT2D eigenvalue weighted by Gasteiger charge is 2.14. The van der Waals surface area contributed by atoms with Gasteiger partial charge in [-0.1, -0.05) is 12.1 Å². The fourth-order valence-corrected chi connectivity index (χ4v) is 3.45. The minimum absolute atomic E-state index is 0.247. The van der Waals surface area contributed by atoms with E-state index in [0.29, 0.717) is 17.3 Å². The van der Waals surface area contributed by atoms with Crippen molar-refractivity contribution >= 4 is 22.5 Å². The van der Waals surface area contributed by atoms with Gasteiger partial charge in [0.15, 0.2) is 0 Å². The minimum atomic E-state index is -0.398. The van der Waals surface area contributed by atoms with E-state index < -0.39 is 11.1 Å². The molecule has 8 nitrogen and oxygen atoms in total. The van der Waals surface area contributed by atoms with E-state index in [-0.39, 0.29) is 12.5 Å². The Labute approximate surface area is 160 Å². The Morgan fingerprint density at radius 3 is 2.64 bits per heavy atom. The molecule has 0 aliphatic carbocycles. The SMILES string of the molecule is O=C(Cn1[nH]c(=O)c2ccccc2c1=O)NCc1ccnc(N2CCCC2)c1. The van der Waals surface area contributed by atoms with Gasteiger partial charge in [0.25, 0.3) is 11.1 Å². The zero-order valence-corrected chi connectivity index (χ0v) is 15.4. The van der Waals surface area contributed by atoms with E-state index in [0.717, 1.165) is 29.2 Å². The van der Waals surface area contributed by atoms with Crippen LogP contribution in [0, 0.1) is 0 Å². The fraction of sp³-hybridized carbons (Fsp3) is 0.300. The largest absolute Gasteiger partial charge is 0.357 e. The Kier molecular flexibility index (Phi) is 4.92. The number of aromatic nitrogens is 3. The van der Waals surface area contributed by atoms with E-state index >= 15 is 0 Å². The summed E-state index contributed by atoms with van der Waals surface area (Å²) >= 11 is 0. The molecular formula is C20H21N5O3. The standard InChI is InChI=1S/C20H21N5O3/c26-18(13-25-20(28)16-6-2-1-5-15(16)19(27)23-25)22-12-14-7-8-21-17(11-14)24-9-3-4-10-24/h1-2,5-8,11H,3-4,9-10,12-13H2,(H,22,26)(H,23,27). The lowest BCUT2D eigenvalue weighted by Crippen LogP contribution is -2.36. The Morgan fingerprint density at radius 1 is 1.11 bits per heavy atom. The van der Waals surface area contributed by atoms with Crippen LogP contribution in [0.3, 0.4) is 0 Å². The molecular weight excluding hydrogens is 358 g/mol. The Morgan fingerprint density at radius 2 is 1.86 bits per heavy atom. The van der Waals surface area contributed by atoms with Gasteiger partial charge < -0.3 is 10.2 Å². The molecule has 4 rings (SSSR count). The number of benzene rings is 1. The quantitative estimate of drug-likeness (QED) is 0.689. The molecule has 0 atom stereocenters. The highest BCUT2D eigenvalue weighted by molar-refractivity contribution is 5.81. The van der Waals surface area contributed by atoms with Crippen LogP contribution in [0.5, 0.6) is 0 Å². The van der Waals surface area contributed by atoms with Gasteiger partial charge in [-0.15, -0.1) is 0 Å². The second kappa shape index (κ2) is 7.67. The van der Waals surface area contributed by atoms with Crippen molar-refractivity contribution in [3.05, 3.63) is 68.9 Å². The van der Waals surface area contributed by atoms with E-state index in [1.807, 2.05) is 12.1 Å². The first-order chi connectivity index (χ1) is 13.6. The highest BCUT2D eigenvalue weighted by Crippen LogP contribution is 2.18. The van der Waals surface area contributed by atoms with E-state index in [1.165, 1.54) is 12.8 Å². The molecule has 0 radical (unpaired) electrons. The van der Waals surface area contributed by atoms with Crippen LogP contribution in [0.1, 0.15) is 18.4 Å². The number of nitrogens with zero attached hydrogens (tertiary/aromatic N) is 3. The molecule has 1 saturated heterocycles. The molecule has 0 saturated carbocycles. The van der Waals surface area contributed by atoms with Crippen molar-refractivity contribution in [1.82, 2.24) is 20.1 Å². The van der Waals surface area contributed by atoms with Gasteiger partial charge in [0, 0.05) is 25.8 Å². The van der Waals surface area contributed by atoms with Gasteiger partial charge in [-0.3, -0.25) is 19.5 Å². The van der Waals surface area contributed by atoms with Gasteiger partial charge in [-0.05, 0) is 42.7 Å². The fourth-order valence-electron chi connectivity index (χ4n) is 3.45. The molecule has 144 valence electrons. The maximum absolute atomic E-state index is 12.5. The van der Waals surface area contributed by atoms with Crippen LogP contribution in [0.15, 0.2) is 52.2 Å². The molecule has 2 N–H and O–H groups in total. The van der Waals surface area contributed by atoms with E-state index in [9.17, 15) is 14.4 Å². The molecule has 1 amide bonds. The number of hydrogen-bond donors (Lipinski definition) is 2. The molecule has 0 unspecified atom stereocenters. The lowest BCUT2D eigenvalue weighted by atomic mass is 10.2. The smallest absolute Gasteiger partial charge is 0.273 e. The van der Waals surface area contributed by atoms with Gasteiger partial charge >= 0.3 is 0 Å². The highest BCUT2D eigenvalue weighted by atomic mass is 16.2. The van der Waals surface area contributed by atoms with Gasteiger partial charge in [0.2, 0.25) is 5.91 Å². The second-order valence-corrected chi connectivity index (χ2v) is 6.87. The van der Waals surface area contributed by atoms with Crippen molar-refractivity contribution in [2.24, 2.45) is 0 Å². The Bertz CT molecular complexity index is 1130. The predicted molar refractivity (Wildman–Crippen MR) is 106 cm³/mol. The van der Waals surface area contributed by atoms with E-state index in [4.69, 9.17) is 0 Å². The van der Waals surface area contributed by atoms with Crippen molar-refractivity contribution in [2.75, 3.05) is 18.0 Å². The summed E-state index contributed by atoms with van der Waals surface area (Å²) in [5.41, 5.74) is 0.141. The zero-order valence-electron chi connectivity index (χ0n) is 15.4. The van der Waals surface area contributed by atoms with Crippen LogP contribution in [-0.2, 0) is 17.9 Å². The van der Waals surface area contributed by atoms with Crippen molar-refractivity contribution in [2.45, 2.75) is 25.9 Å². The summed E-state index contributed by atoms with van der Waals surface area (Å²) in [5, 5.41) is 5.87. The van der Waals surface area contributed by atoms with Crippen molar-refractivity contribution in [3.63, 3.8) is 0 Å². The molecule has 1 aliphatic rings. The first-order valence-corrected chi connectivity index (χ1v) is 9.30. The lowest BCUT2D eigenvalue weighted by Gasteiger charge is -2.17. The van der Waals surface area contributed by atoms with E-state index in [1.54, 1.807) is 30.5 Å². The molecule has 28 heavy (non-hydrogen) atoms. The molecule has 1 aliphatic heterocycles. The summed E-state index contributed by atoms with van der Waals surface area (Å²) in [6.07, 6.45) is 4.07. The van der Waals surface area contributed by atoms with Crippen molar-refractivity contribution in [3.8, 4) is 0 Å². The van der Waals surface area contributed by atoms with Crippen LogP contribution in [-0.4, -0.2) is 33.8 Å². The van der Waals surface area contributed by atoms with E-state index in [2.05, 4.69) is 20.3 Å². The van der Waals surface area contributed by atoms with Crippen LogP contribution < -0.4 is 21.3 Å². The maximum atomic E-state index is 12.5. The van der Waals surface area contributed by atoms with Crippen molar-refractivity contribution < 1.29 is 4.79 Å². The molecule has 8 heteroatoms. The van der Waals surface area contributed by atoms with Gasteiger partial charge in [0.05, 0.1) is 10.8 Å². The molecule has 1 aromatic carbocycles. The number of carbonyl (C=O) groups is 1. The Balaban J connectivity index is 1.45. The number of hydrogen-bond acceptors (Lipinski definition) is 5. The van der Waals surface area contributed by atoms with Crippen LogP contribution in [0.2, 0.25) is 0 Å². The molecule has 1 fully saturated rings. The topological polar surface area (TPSA) is 100 Å². The summed E-state index contributed by atoms with van der Waals surface area (Å²) in [5.74, 6) is 0.562. The van der Waals surface area contributed by atoms with Crippen LogP contribution in [0.25, 0.3) is 10.8 Å². The second-order valence-electron chi connectivity index (χ2n) is 6.87. The normalized spacial score (nSPS) is 13.8. The zero-order chi connectivity index (χ0) is 19.5.